The van der Waals surface area contributed by atoms with Gasteiger partial charge >= 0.3 is 0 Å². The van der Waals surface area contributed by atoms with Crippen LogP contribution in [-0.4, -0.2) is 18.6 Å². The molecule has 0 aromatic rings. The molecule has 0 fully saturated rings. The van der Waals surface area contributed by atoms with Gasteiger partial charge in [0.25, 0.3) is 0 Å². The average Bonchev–Trinajstić information content (AvgIpc) is 1.82. The van der Waals surface area contributed by atoms with Crippen LogP contribution in [0.5, 0.6) is 0 Å². The molecule has 0 saturated heterocycles. The Balaban J connectivity index is 2.84. The fourth-order valence-corrected chi connectivity index (χ4v) is 0.921. The van der Waals surface area contributed by atoms with E-state index in [1.165, 1.54) is 5.57 Å². The molecule has 0 atom stereocenters. The first-order valence-corrected chi connectivity index (χ1v) is 2.82. The predicted octanol–water partition coefficient (Wildman–Crippen LogP) is 1.49. The van der Waals surface area contributed by atoms with E-state index in [0.717, 1.165) is 4.48 Å². The zero-order chi connectivity index (χ0) is 6.20. The van der Waals surface area contributed by atoms with Gasteiger partial charge in [0.15, 0.2) is 0 Å². The molecule has 0 bridgehead atoms. The van der Waals surface area contributed by atoms with Crippen molar-refractivity contribution < 1.29 is 4.48 Å². The van der Waals surface area contributed by atoms with Crippen LogP contribution in [0.25, 0.3) is 0 Å². The molecule has 1 heterocycles. The van der Waals surface area contributed by atoms with E-state index in [1.807, 2.05) is 0 Å². The summed E-state index contributed by atoms with van der Waals surface area (Å²) in [7, 11) is 4.29. The molecule has 1 heteroatoms. The lowest BCUT2D eigenvalue weighted by Crippen LogP contribution is -2.23. The summed E-state index contributed by atoms with van der Waals surface area (Å²) in [6.07, 6.45) is 6.51. The molecule has 8 heavy (non-hydrogen) atoms. The summed E-state index contributed by atoms with van der Waals surface area (Å²) in [5.74, 6) is 0. The molecule has 0 aliphatic carbocycles. The van der Waals surface area contributed by atoms with Crippen LogP contribution in [0.15, 0.2) is 24.0 Å². The molecule has 1 aliphatic heterocycles. The fourth-order valence-electron chi connectivity index (χ4n) is 0.921. The smallest absolute Gasteiger partial charge is 0.103 e. The normalized spacial score (nSPS) is 23.6. The average molecular weight is 110 g/mol. The van der Waals surface area contributed by atoms with E-state index in [1.54, 1.807) is 0 Å². The highest BCUT2D eigenvalue weighted by Crippen LogP contribution is 2.13. The van der Waals surface area contributed by atoms with E-state index >= 15 is 0 Å². The Morgan fingerprint density at radius 1 is 1.38 bits per heavy atom. The van der Waals surface area contributed by atoms with E-state index in [0.29, 0.717) is 0 Å². The van der Waals surface area contributed by atoms with Crippen molar-refractivity contribution in [1.82, 2.24) is 0 Å². The first-order chi connectivity index (χ1) is 3.60. The van der Waals surface area contributed by atoms with E-state index < -0.39 is 0 Å². The summed E-state index contributed by atoms with van der Waals surface area (Å²) in [6.45, 7) is 2.11. The number of quaternary nitrogens is 1. The third-order valence-corrected chi connectivity index (χ3v) is 1.26. The highest BCUT2D eigenvalue weighted by molar-refractivity contribution is 5.16. The van der Waals surface area contributed by atoms with Gasteiger partial charge in [0.05, 0.1) is 14.1 Å². The minimum atomic E-state index is 0.895. The molecule has 0 N–H and O–H groups in total. The molecule has 0 radical (unpaired) electrons. The van der Waals surface area contributed by atoms with Crippen molar-refractivity contribution in [3.63, 3.8) is 0 Å². The molecule has 1 nitrogen and oxygen atoms in total. The van der Waals surface area contributed by atoms with Crippen molar-refractivity contribution >= 4 is 0 Å². The van der Waals surface area contributed by atoms with Crippen LogP contribution >= 0.6 is 0 Å². The van der Waals surface area contributed by atoms with Crippen LogP contribution in [0, 0.1) is 0 Å². The van der Waals surface area contributed by atoms with Crippen molar-refractivity contribution in [2.24, 2.45) is 0 Å². The second kappa shape index (κ2) is 1.46. The highest BCUT2D eigenvalue weighted by Gasteiger charge is 2.12. The maximum absolute atomic E-state index is 2.21. The number of rotatable bonds is 0. The van der Waals surface area contributed by atoms with Crippen LogP contribution in [0.3, 0.4) is 0 Å². The molecule has 44 valence electrons. The van der Waals surface area contributed by atoms with Crippen LogP contribution in [-0.2, 0) is 0 Å². The maximum Gasteiger partial charge on any atom is 0.103 e. The van der Waals surface area contributed by atoms with Crippen LogP contribution in [0.4, 0.5) is 0 Å². The van der Waals surface area contributed by atoms with Crippen LogP contribution in [0.1, 0.15) is 6.92 Å². The Kier molecular flexibility index (Phi) is 1.01. The lowest BCUT2D eigenvalue weighted by molar-refractivity contribution is -0.781. The molecule has 0 saturated carbocycles. The summed E-state index contributed by atoms with van der Waals surface area (Å²) in [5.41, 5.74) is 1.36. The Morgan fingerprint density at radius 3 is 2.12 bits per heavy atom. The molecular weight excluding hydrogens is 98.1 g/mol. The summed E-state index contributed by atoms with van der Waals surface area (Å²) < 4.78 is 0.895. The van der Waals surface area contributed by atoms with Gasteiger partial charge in [-0.1, -0.05) is 0 Å². The minimum absolute atomic E-state index is 0.895. The summed E-state index contributed by atoms with van der Waals surface area (Å²) in [5, 5.41) is 0. The van der Waals surface area contributed by atoms with E-state index in [2.05, 4.69) is 39.5 Å². The van der Waals surface area contributed by atoms with E-state index in [-0.39, 0.29) is 0 Å². The lowest BCUT2D eigenvalue weighted by atomic mass is 10.4. The van der Waals surface area contributed by atoms with Gasteiger partial charge in [0.2, 0.25) is 0 Å². The second-order valence-corrected chi connectivity index (χ2v) is 2.82. The number of allylic oxidation sites excluding steroid dienone is 2. The van der Waals surface area contributed by atoms with Crippen molar-refractivity contribution in [1.29, 1.82) is 0 Å². The molecule has 0 spiro atoms. The third-order valence-electron chi connectivity index (χ3n) is 1.26. The van der Waals surface area contributed by atoms with Gasteiger partial charge in [-0.2, -0.15) is 0 Å². The standard InChI is InChI=1S/C7H12N/c1-7-4-5-8(2,3)6-7/h4-6H,1-3H3/q+1. The first kappa shape index (κ1) is 5.57. The molecule has 0 aromatic carbocycles. The highest BCUT2D eigenvalue weighted by atomic mass is 15.3. The quantitative estimate of drug-likeness (QED) is 0.414. The Labute approximate surface area is 50.5 Å². The number of hydrogen-bond donors (Lipinski definition) is 0. The SMILES string of the molecule is CC1=C[N+](C)(C)C=C1. The van der Waals surface area contributed by atoms with Crippen molar-refractivity contribution in [2.75, 3.05) is 14.1 Å². The first-order valence-electron chi connectivity index (χ1n) is 2.82. The van der Waals surface area contributed by atoms with Crippen molar-refractivity contribution in [3.05, 3.63) is 24.0 Å². The van der Waals surface area contributed by atoms with Gasteiger partial charge < -0.3 is 0 Å². The van der Waals surface area contributed by atoms with Crippen LogP contribution in [0.2, 0.25) is 0 Å². The van der Waals surface area contributed by atoms with Gasteiger partial charge in [-0.3, -0.25) is 4.48 Å². The van der Waals surface area contributed by atoms with Gasteiger partial charge in [-0.05, 0) is 13.0 Å². The maximum atomic E-state index is 2.21. The van der Waals surface area contributed by atoms with Crippen LogP contribution < -0.4 is 0 Å². The third kappa shape index (κ3) is 0.984. The van der Waals surface area contributed by atoms with Gasteiger partial charge in [0, 0.05) is 5.57 Å². The zero-order valence-electron chi connectivity index (χ0n) is 5.68. The van der Waals surface area contributed by atoms with Crippen molar-refractivity contribution in [2.45, 2.75) is 6.92 Å². The fraction of sp³-hybridized carbons (Fsp3) is 0.429. The molecule has 1 aliphatic rings. The van der Waals surface area contributed by atoms with Crippen molar-refractivity contribution in [3.8, 4) is 0 Å². The molecular formula is C7H12N+. The van der Waals surface area contributed by atoms with E-state index in [9.17, 15) is 0 Å². The Bertz CT molecular complexity index is 152. The number of hydrogen-bond acceptors (Lipinski definition) is 0. The summed E-state index contributed by atoms with van der Waals surface area (Å²) >= 11 is 0. The predicted molar refractivity (Wildman–Crippen MR) is 35.0 cm³/mol. The monoisotopic (exact) mass is 110 g/mol. The van der Waals surface area contributed by atoms with Gasteiger partial charge in [-0.25, -0.2) is 0 Å². The number of nitrogens with zero attached hydrogens (tertiary/aromatic N) is 1. The zero-order valence-corrected chi connectivity index (χ0v) is 5.68. The summed E-state index contributed by atoms with van der Waals surface area (Å²) in [4.78, 5) is 0. The lowest BCUT2D eigenvalue weighted by Gasteiger charge is -2.14. The molecule has 0 amide bonds. The minimum Gasteiger partial charge on any atom is -0.276 e. The van der Waals surface area contributed by atoms with Gasteiger partial charge in [0.1, 0.15) is 12.4 Å². The molecule has 0 aromatic heterocycles. The second-order valence-electron chi connectivity index (χ2n) is 2.82. The molecule has 0 unspecified atom stereocenters. The summed E-state index contributed by atoms with van der Waals surface area (Å²) in [6, 6.07) is 0. The Morgan fingerprint density at radius 2 is 2.00 bits per heavy atom. The molecule has 1 rings (SSSR count). The van der Waals surface area contributed by atoms with E-state index in [4.69, 9.17) is 0 Å². The topological polar surface area (TPSA) is 0 Å². The van der Waals surface area contributed by atoms with Gasteiger partial charge in [-0.15, -0.1) is 0 Å². The largest absolute Gasteiger partial charge is 0.276 e. The Hall–Kier alpha value is -0.560.